The number of amides is 2. The Bertz CT molecular complexity index is 2720. The number of aryl methyl sites for hydroxylation is 4. The molecule has 0 saturated carbocycles. The number of benzene rings is 4. The molecule has 0 saturated heterocycles. The molecule has 2 aliphatic carbocycles. The van der Waals surface area contributed by atoms with Crippen LogP contribution in [-0.2, 0) is 48.4 Å². The van der Waals surface area contributed by atoms with E-state index in [1.807, 2.05) is 109 Å². The van der Waals surface area contributed by atoms with Crippen LogP contribution in [0.25, 0.3) is 21.7 Å². The Kier molecular flexibility index (Phi) is 14.3. The predicted molar refractivity (Wildman–Crippen MR) is 238 cm³/mol. The fourth-order valence-corrected chi connectivity index (χ4v) is 7.39. The number of aromatic nitrogens is 2. The lowest BCUT2D eigenvalue weighted by Gasteiger charge is -2.19. The van der Waals surface area contributed by atoms with E-state index in [0.29, 0.717) is 23.8 Å². The van der Waals surface area contributed by atoms with Gasteiger partial charge in [-0.2, -0.15) is 10.2 Å². The first-order valence-electron chi connectivity index (χ1n) is 19.6. The van der Waals surface area contributed by atoms with Crippen LogP contribution < -0.4 is 10.6 Å². The molecular weight excluding hydrogens is 805 g/mol. The zero-order valence-electron chi connectivity index (χ0n) is 32.9. The van der Waals surface area contributed by atoms with Crippen LogP contribution in [0.3, 0.4) is 0 Å². The molecule has 302 valence electrons. The van der Waals surface area contributed by atoms with Crippen LogP contribution in [0.5, 0.6) is 0 Å². The molecule has 2 N–H and O–H groups in total. The smallest absolute Gasteiger partial charge is 0.251 e. The van der Waals surface area contributed by atoms with Crippen LogP contribution in [0.15, 0.2) is 149 Å². The van der Waals surface area contributed by atoms with Gasteiger partial charge in [0.25, 0.3) is 5.91 Å². The van der Waals surface area contributed by atoms with Crippen molar-refractivity contribution in [1.82, 2.24) is 20.6 Å². The number of fused-ring (bicyclic) bond motifs is 6. The SMILES string of the molecule is Clc1ccc2c(c1)CCc1cccnc1C#C2.O=C(NCc1ccccc1)C1N=NC2=C1c1ncccc1CCc1cc(Cl)ccc12.[N-]=[N+]=NCC(=O)NCc1ccccc1. The molecule has 11 nitrogen and oxygen atoms in total. The van der Waals surface area contributed by atoms with E-state index >= 15 is 0 Å². The summed E-state index contributed by atoms with van der Waals surface area (Å²) >= 11 is 12.3. The molecular formula is C48H39Cl2N9O2. The Morgan fingerprint density at radius 2 is 1.33 bits per heavy atom. The minimum atomic E-state index is -0.723. The number of nitrogens with one attached hydrogen (secondary N) is 2. The third-order valence-electron chi connectivity index (χ3n) is 10.0. The third-order valence-corrected chi connectivity index (χ3v) is 10.5. The van der Waals surface area contributed by atoms with Gasteiger partial charge in [0, 0.05) is 57.1 Å². The number of halogens is 2. The second-order valence-electron chi connectivity index (χ2n) is 14.1. The van der Waals surface area contributed by atoms with Gasteiger partial charge in [-0.05, 0) is 113 Å². The summed E-state index contributed by atoms with van der Waals surface area (Å²) in [6.45, 7) is 0.750. The number of rotatable bonds is 7. The maximum atomic E-state index is 13.1. The van der Waals surface area contributed by atoms with Crippen molar-refractivity contribution in [3.8, 4) is 11.8 Å². The predicted octanol–water partition coefficient (Wildman–Crippen LogP) is 9.70. The number of pyridine rings is 2. The fraction of sp³-hybridized carbons (Fsp3) is 0.167. The number of nitrogens with zero attached hydrogens (tertiary/aromatic N) is 7. The zero-order chi connectivity index (χ0) is 42.4. The van der Waals surface area contributed by atoms with Crippen LogP contribution in [0.1, 0.15) is 55.9 Å². The standard InChI is InChI=1S/C24H19ClN4O.C15H10ClN.C9H10N4O/c25-18-10-11-19-17(13-18)9-8-16-7-4-12-26-21(16)20-22(19)28-29-23(20)24(30)27-14-15-5-2-1-3-6-15;16-14-7-5-11-6-8-15-12(2-1-9-17-15)3-4-13(11)10-14;10-13-12-7-9(14)11-6-8-4-2-1-3-5-8/h1-7,10-13,23H,8-9,14H2,(H,27,30);1-2,5,7,9-10H,3-4H2;1-5H,6-7H2,(H,11,14). The highest BCUT2D eigenvalue weighted by atomic mass is 35.5. The molecule has 0 bridgehead atoms. The number of hydrogen-bond acceptors (Lipinski definition) is 7. The lowest BCUT2D eigenvalue weighted by atomic mass is 9.87. The molecule has 61 heavy (non-hydrogen) atoms. The first-order valence-corrected chi connectivity index (χ1v) is 20.4. The molecule has 4 aromatic carbocycles. The van der Waals surface area contributed by atoms with E-state index < -0.39 is 6.04 Å². The molecule has 2 amide bonds. The Labute approximate surface area is 363 Å². The molecule has 1 aliphatic heterocycles. The van der Waals surface area contributed by atoms with E-state index in [1.54, 1.807) is 12.4 Å². The van der Waals surface area contributed by atoms with Gasteiger partial charge in [0.15, 0.2) is 6.04 Å². The highest BCUT2D eigenvalue weighted by molar-refractivity contribution is 6.31. The minimum absolute atomic E-state index is 0.149. The van der Waals surface area contributed by atoms with Gasteiger partial charge in [-0.3, -0.25) is 14.6 Å². The Morgan fingerprint density at radius 1 is 0.705 bits per heavy atom. The molecule has 3 heterocycles. The number of azo groups is 1. The number of azide groups is 1. The highest BCUT2D eigenvalue weighted by Gasteiger charge is 2.35. The Morgan fingerprint density at radius 3 is 2.07 bits per heavy atom. The third kappa shape index (κ3) is 11.1. The summed E-state index contributed by atoms with van der Waals surface area (Å²) in [5.74, 6) is 5.86. The minimum Gasteiger partial charge on any atom is -0.352 e. The van der Waals surface area contributed by atoms with Crippen LogP contribution in [0.4, 0.5) is 0 Å². The largest absolute Gasteiger partial charge is 0.352 e. The number of carbonyl (C=O) groups excluding carboxylic acids is 2. The van der Waals surface area contributed by atoms with Gasteiger partial charge in [-0.15, -0.1) is 0 Å². The van der Waals surface area contributed by atoms with Crippen molar-refractivity contribution >= 4 is 46.3 Å². The van der Waals surface area contributed by atoms with Crippen molar-refractivity contribution in [2.45, 2.75) is 44.8 Å². The molecule has 0 fully saturated rings. The van der Waals surface area contributed by atoms with Crippen molar-refractivity contribution < 1.29 is 9.59 Å². The van der Waals surface area contributed by atoms with E-state index in [2.05, 4.69) is 64.8 Å². The van der Waals surface area contributed by atoms with Gasteiger partial charge >= 0.3 is 0 Å². The zero-order valence-corrected chi connectivity index (χ0v) is 34.4. The van der Waals surface area contributed by atoms with Gasteiger partial charge in [0.1, 0.15) is 17.9 Å². The second-order valence-corrected chi connectivity index (χ2v) is 15.0. The van der Waals surface area contributed by atoms with Gasteiger partial charge in [0.05, 0.1) is 5.69 Å². The maximum absolute atomic E-state index is 13.1. The summed E-state index contributed by atoms with van der Waals surface area (Å²) in [7, 11) is 0. The molecule has 1 atom stereocenters. The molecule has 0 spiro atoms. The van der Waals surface area contributed by atoms with E-state index in [9.17, 15) is 9.59 Å². The van der Waals surface area contributed by atoms with Crippen LogP contribution in [0.2, 0.25) is 10.0 Å². The van der Waals surface area contributed by atoms with Gasteiger partial charge in [-0.1, -0.05) is 113 Å². The monoisotopic (exact) mass is 843 g/mol. The number of carbonyl (C=O) groups is 2. The maximum Gasteiger partial charge on any atom is 0.251 e. The van der Waals surface area contributed by atoms with Crippen molar-refractivity contribution in [2.75, 3.05) is 6.54 Å². The van der Waals surface area contributed by atoms with E-state index in [1.165, 1.54) is 11.1 Å². The summed E-state index contributed by atoms with van der Waals surface area (Å²) < 4.78 is 0. The molecule has 2 aromatic heterocycles. The Hall–Kier alpha value is -7.09. The summed E-state index contributed by atoms with van der Waals surface area (Å²) in [5.41, 5.74) is 19.9. The average Bonchev–Trinajstić information content (AvgIpc) is 3.72. The normalized spacial score (nSPS) is 13.8. The van der Waals surface area contributed by atoms with E-state index in [0.717, 1.165) is 81.0 Å². The lowest BCUT2D eigenvalue weighted by molar-refractivity contribution is -0.121. The van der Waals surface area contributed by atoms with Gasteiger partial charge in [0.2, 0.25) is 5.91 Å². The quantitative estimate of drug-likeness (QED) is 0.0710. The second kappa shape index (κ2) is 20.7. The lowest BCUT2D eigenvalue weighted by Crippen LogP contribution is -2.33. The molecule has 9 rings (SSSR count). The van der Waals surface area contributed by atoms with Crippen molar-refractivity contribution in [3.63, 3.8) is 0 Å². The van der Waals surface area contributed by atoms with Crippen LogP contribution in [0, 0.1) is 11.8 Å². The molecule has 3 aliphatic rings. The summed E-state index contributed by atoms with van der Waals surface area (Å²) in [6.07, 6.45) is 7.11. The summed E-state index contributed by atoms with van der Waals surface area (Å²) in [4.78, 5) is 35.5. The van der Waals surface area contributed by atoms with Crippen molar-refractivity contribution in [3.05, 3.63) is 210 Å². The molecule has 1 unspecified atom stereocenters. The fourth-order valence-electron chi connectivity index (χ4n) is 7.00. The molecule has 6 aromatic rings. The van der Waals surface area contributed by atoms with Crippen LogP contribution >= 0.6 is 23.2 Å². The first-order chi connectivity index (χ1) is 29.9. The number of hydrogen-bond donors (Lipinski definition) is 2. The Balaban J connectivity index is 0.000000153. The first kappa shape index (κ1) is 42.0. The molecule has 13 heteroatoms. The van der Waals surface area contributed by atoms with E-state index in [4.69, 9.17) is 28.7 Å². The van der Waals surface area contributed by atoms with E-state index in [-0.39, 0.29) is 18.4 Å². The van der Waals surface area contributed by atoms with Crippen molar-refractivity contribution in [2.24, 2.45) is 15.3 Å². The average molecular weight is 845 g/mol. The van der Waals surface area contributed by atoms with Crippen LogP contribution in [-0.4, -0.2) is 34.4 Å². The van der Waals surface area contributed by atoms with Crippen molar-refractivity contribution in [1.29, 1.82) is 0 Å². The highest BCUT2D eigenvalue weighted by Crippen LogP contribution is 2.41. The summed E-state index contributed by atoms with van der Waals surface area (Å²) in [6, 6.07) is 38.3. The topological polar surface area (TPSA) is 157 Å². The van der Waals surface area contributed by atoms with Gasteiger partial charge in [-0.25, -0.2) is 4.98 Å². The summed E-state index contributed by atoms with van der Waals surface area (Å²) in [5, 5.41) is 19.1. The molecule has 0 radical (unpaired) electrons. The van der Waals surface area contributed by atoms with Gasteiger partial charge < -0.3 is 10.6 Å².